The molecule has 136 valence electrons. The van der Waals surface area contributed by atoms with Crippen molar-refractivity contribution in [2.45, 2.75) is 18.4 Å². The molecule has 1 aliphatic rings. The van der Waals surface area contributed by atoms with E-state index in [1.54, 1.807) is 35.9 Å². The molecule has 1 aromatic carbocycles. The number of nitrogens with one attached hydrogen (secondary N) is 1. The monoisotopic (exact) mass is 357 g/mol. The Morgan fingerprint density at radius 1 is 1.19 bits per heavy atom. The van der Waals surface area contributed by atoms with Crippen molar-refractivity contribution < 1.29 is 13.9 Å². The molecule has 8 heteroatoms. The zero-order valence-corrected chi connectivity index (χ0v) is 14.5. The number of anilines is 1. The zero-order chi connectivity index (χ0) is 18.0. The third-order valence-electron chi connectivity index (χ3n) is 4.81. The fourth-order valence-electron chi connectivity index (χ4n) is 3.14. The van der Waals surface area contributed by atoms with Gasteiger partial charge in [0.2, 0.25) is 0 Å². The van der Waals surface area contributed by atoms with Crippen LogP contribution in [0.5, 0.6) is 0 Å². The predicted octanol–water partition coefficient (Wildman–Crippen LogP) is 2.54. The Morgan fingerprint density at radius 3 is 2.77 bits per heavy atom. The Hall–Kier alpha value is -2.58. The summed E-state index contributed by atoms with van der Waals surface area (Å²) < 4.78 is 26.8. The average Bonchev–Trinajstić information content (AvgIpc) is 3.10. The molecule has 3 aromatic rings. The summed E-state index contributed by atoms with van der Waals surface area (Å²) in [6, 6.07) is 10.1. The summed E-state index contributed by atoms with van der Waals surface area (Å²) in [7, 11) is 1.72. The van der Waals surface area contributed by atoms with E-state index in [2.05, 4.69) is 20.6 Å². The highest BCUT2D eigenvalue weighted by Crippen LogP contribution is 2.25. The predicted molar refractivity (Wildman–Crippen MR) is 94.5 cm³/mol. The first-order chi connectivity index (χ1) is 12.7. The van der Waals surface area contributed by atoms with Gasteiger partial charge in [-0.05, 0) is 24.3 Å². The first-order valence-corrected chi connectivity index (χ1v) is 8.55. The number of ether oxygens (including phenoxy) is 2. The quantitative estimate of drug-likeness (QED) is 0.756. The van der Waals surface area contributed by atoms with Gasteiger partial charge in [-0.2, -0.15) is 4.52 Å². The van der Waals surface area contributed by atoms with Crippen molar-refractivity contribution in [3.8, 4) is 11.4 Å². The summed E-state index contributed by atoms with van der Waals surface area (Å²) >= 11 is 0. The third kappa shape index (κ3) is 3.13. The van der Waals surface area contributed by atoms with Crippen LogP contribution < -0.4 is 5.32 Å². The molecule has 0 unspecified atom stereocenters. The number of methoxy groups -OCH3 is 1. The topological polar surface area (TPSA) is 73.6 Å². The molecule has 1 fully saturated rings. The second kappa shape index (κ2) is 6.97. The van der Waals surface area contributed by atoms with Crippen LogP contribution in [0, 0.1) is 5.82 Å². The van der Waals surface area contributed by atoms with E-state index in [1.807, 2.05) is 6.07 Å². The van der Waals surface area contributed by atoms with Gasteiger partial charge >= 0.3 is 0 Å². The van der Waals surface area contributed by atoms with Crippen LogP contribution in [0.3, 0.4) is 0 Å². The first kappa shape index (κ1) is 16.9. The second-order valence-electron chi connectivity index (χ2n) is 6.35. The van der Waals surface area contributed by atoms with E-state index in [0.29, 0.717) is 42.6 Å². The lowest BCUT2D eigenvalue weighted by molar-refractivity contribution is -0.0807. The van der Waals surface area contributed by atoms with Gasteiger partial charge in [0.15, 0.2) is 11.5 Å². The van der Waals surface area contributed by atoms with Gasteiger partial charge < -0.3 is 14.8 Å². The SMILES string of the molecule is COC1(CNc2ccc3nnc(-c4ccccc4F)n3n2)CCOCC1. The Balaban J connectivity index is 1.61. The van der Waals surface area contributed by atoms with Crippen LogP contribution >= 0.6 is 0 Å². The molecule has 3 heterocycles. The van der Waals surface area contributed by atoms with Crippen molar-refractivity contribution in [2.24, 2.45) is 0 Å². The standard InChI is InChI=1S/C18H20FN5O2/c1-25-18(8-10-26-11-9-18)12-20-15-6-7-16-21-22-17(24(16)23-15)13-4-2-3-5-14(13)19/h2-7H,8-12H2,1H3,(H,20,23). The minimum absolute atomic E-state index is 0.267. The van der Waals surface area contributed by atoms with Crippen LogP contribution in [-0.2, 0) is 9.47 Å². The van der Waals surface area contributed by atoms with Gasteiger partial charge in [-0.1, -0.05) is 12.1 Å². The molecule has 7 nitrogen and oxygen atoms in total. The lowest BCUT2D eigenvalue weighted by atomic mass is 9.94. The molecule has 0 saturated carbocycles. The van der Waals surface area contributed by atoms with Crippen molar-refractivity contribution in [3.05, 3.63) is 42.2 Å². The Morgan fingerprint density at radius 2 is 2.00 bits per heavy atom. The van der Waals surface area contributed by atoms with E-state index in [4.69, 9.17) is 9.47 Å². The van der Waals surface area contributed by atoms with E-state index in [1.165, 1.54) is 6.07 Å². The smallest absolute Gasteiger partial charge is 0.188 e. The van der Waals surface area contributed by atoms with Gasteiger partial charge in [-0.3, -0.25) is 0 Å². The van der Waals surface area contributed by atoms with E-state index in [9.17, 15) is 4.39 Å². The highest BCUT2D eigenvalue weighted by Gasteiger charge is 2.32. The molecule has 0 aliphatic carbocycles. The van der Waals surface area contributed by atoms with Gasteiger partial charge in [0, 0.05) is 39.7 Å². The molecule has 0 atom stereocenters. The normalized spacial score (nSPS) is 16.7. The molecule has 26 heavy (non-hydrogen) atoms. The van der Waals surface area contributed by atoms with Crippen molar-refractivity contribution in [3.63, 3.8) is 0 Å². The Labute approximate surface area is 150 Å². The number of aromatic nitrogens is 4. The van der Waals surface area contributed by atoms with Gasteiger partial charge in [-0.15, -0.1) is 15.3 Å². The van der Waals surface area contributed by atoms with Crippen LogP contribution in [0.2, 0.25) is 0 Å². The Kier molecular flexibility index (Phi) is 4.52. The van der Waals surface area contributed by atoms with Crippen LogP contribution in [-0.4, -0.2) is 52.3 Å². The lowest BCUT2D eigenvalue weighted by Crippen LogP contribution is -2.44. The van der Waals surface area contributed by atoms with Crippen LogP contribution in [0.1, 0.15) is 12.8 Å². The van der Waals surface area contributed by atoms with Crippen LogP contribution in [0.15, 0.2) is 36.4 Å². The minimum Gasteiger partial charge on any atom is -0.381 e. The van der Waals surface area contributed by atoms with Crippen molar-refractivity contribution in [1.29, 1.82) is 0 Å². The number of rotatable bonds is 5. The van der Waals surface area contributed by atoms with Gasteiger partial charge in [0.1, 0.15) is 11.6 Å². The third-order valence-corrected chi connectivity index (χ3v) is 4.81. The summed E-state index contributed by atoms with van der Waals surface area (Å²) in [5, 5.41) is 16.0. The fourth-order valence-corrected chi connectivity index (χ4v) is 3.14. The number of halogens is 1. The highest BCUT2D eigenvalue weighted by atomic mass is 19.1. The maximum absolute atomic E-state index is 14.1. The number of fused-ring (bicyclic) bond motifs is 1. The molecule has 0 spiro atoms. The summed E-state index contributed by atoms with van der Waals surface area (Å²) in [4.78, 5) is 0. The molecule has 2 aromatic heterocycles. The summed E-state index contributed by atoms with van der Waals surface area (Å²) in [5.74, 6) is 0.662. The molecular formula is C18H20FN5O2. The lowest BCUT2D eigenvalue weighted by Gasteiger charge is -2.36. The summed E-state index contributed by atoms with van der Waals surface area (Å²) in [6.07, 6.45) is 1.65. The first-order valence-electron chi connectivity index (χ1n) is 8.55. The molecule has 1 N–H and O–H groups in total. The van der Waals surface area contributed by atoms with Gasteiger partial charge in [0.05, 0.1) is 11.2 Å². The van der Waals surface area contributed by atoms with E-state index in [-0.39, 0.29) is 11.4 Å². The zero-order valence-electron chi connectivity index (χ0n) is 14.5. The fraction of sp³-hybridized carbons (Fsp3) is 0.389. The van der Waals surface area contributed by atoms with Gasteiger partial charge in [0.25, 0.3) is 0 Å². The minimum atomic E-state index is -0.359. The molecule has 1 saturated heterocycles. The van der Waals surface area contributed by atoms with E-state index < -0.39 is 0 Å². The van der Waals surface area contributed by atoms with Crippen LogP contribution in [0.4, 0.5) is 10.2 Å². The maximum Gasteiger partial charge on any atom is 0.188 e. The van der Waals surface area contributed by atoms with Crippen molar-refractivity contribution >= 4 is 11.5 Å². The maximum atomic E-state index is 14.1. The average molecular weight is 357 g/mol. The molecule has 0 bridgehead atoms. The van der Waals surface area contributed by atoms with Crippen molar-refractivity contribution in [1.82, 2.24) is 19.8 Å². The van der Waals surface area contributed by atoms with Crippen molar-refractivity contribution in [2.75, 3.05) is 32.2 Å². The molecule has 0 amide bonds. The summed E-state index contributed by atoms with van der Waals surface area (Å²) in [6.45, 7) is 1.98. The Bertz CT molecular complexity index is 907. The summed E-state index contributed by atoms with van der Waals surface area (Å²) in [5.41, 5.74) is 0.653. The largest absolute Gasteiger partial charge is 0.381 e. The number of hydrogen-bond acceptors (Lipinski definition) is 6. The molecule has 0 radical (unpaired) electrons. The number of benzene rings is 1. The van der Waals surface area contributed by atoms with Gasteiger partial charge in [-0.25, -0.2) is 4.39 Å². The molecule has 4 rings (SSSR count). The molecular weight excluding hydrogens is 337 g/mol. The molecule has 1 aliphatic heterocycles. The number of nitrogens with zero attached hydrogens (tertiary/aromatic N) is 4. The van der Waals surface area contributed by atoms with Crippen LogP contribution in [0.25, 0.3) is 17.0 Å². The van der Waals surface area contributed by atoms with E-state index >= 15 is 0 Å². The second-order valence-corrected chi connectivity index (χ2v) is 6.35. The van der Waals surface area contributed by atoms with E-state index in [0.717, 1.165) is 12.8 Å². The highest BCUT2D eigenvalue weighted by molar-refractivity contribution is 5.60. The number of hydrogen-bond donors (Lipinski definition) is 1.